The van der Waals surface area contributed by atoms with Gasteiger partial charge in [0.15, 0.2) is 0 Å². The third-order valence-electron chi connectivity index (χ3n) is 3.52. The Morgan fingerprint density at radius 1 is 0.833 bits per heavy atom. The fourth-order valence-corrected chi connectivity index (χ4v) is 2.35. The lowest BCUT2D eigenvalue weighted by Crippen LogP contribution is -1.90. The van der Waals surface area contributed by atoms with Crippen LogP contribution in [0.5, 0.6) is 0 Å². The molecule has 0 unspecified atom stereocenters. The van der Waals surface area contributed by atoms with Crippen molar-refractivity contribution < 1.29 is 0 Å². The van der Waals surface area contributed by atoms with Gasteiger partial charge in [-0.25, -0.2) is 0 Å². The van der Waals surface area contributed by atoms with E-state index in [9.17, 15) is 0 Å². The second-order valence-corrected chi connectivity index (χ2v) is 5.26. The highest BCUT2D eigenvalue weighted by molar-refractivity contribution is 4.85. The minimum Gasteiger partial charge on any atom is -0.446 e. The zero-order valence-corrected chi connectivity index (χ0v) is 12.0. The molecule has 0 aliphatic rings. The molecule has 0 amide bonds. The fourth-order valence-electron chi connectivity index (χ4n) is 2.35. The van der Waals surface area contributed by atoms with E-state index in [0.29, 0.717) is 0 Å². The molecule has 0 fully saturated rings. The van der Waals surface area contributed by atoms with E-state index < -0.39 is 0 Å². The van der Waals surface area contributed by atoms with E-state index in [0.717, 1.165) is 12.2 Å². The minimum atomic E-state index is 1.02. The maximum atomic E-state index is 4.19. The highest BCUT2D eigenvalue weighted by Gasteiger charge is 1.93. The van der Waals surface area contributed by atoms with Gasteiger partial charge in [0.25, 0.3) is 0 Å². The van der Waals surface area contributed by atoms with Gasteiger partial charge in [-0.2, -0.15) is 0 Å². The van der Waals surface area contributed by atoms with E-state index in [2.05, 4.69) is 16.9 Å². The standard InChI is InChI=1S/C16H29N2/c1-2-3-4-5-6-7-8-9-10-11-12-13-16-17-14-15-18-16/h14-15H,2-13H2,1H3/q-1. The normalized spacial score (nSPS) is 10.9. The molecule has 0 saturated heterocycles. The lowest BCUT2D eigenvalue weighted by atomic mass is 10.1. The molecule has 1 aromatic heterocycles. The number of unbranched alkanes of at least 4 members (excludes halogenated alkanes) is 10. The summed E-state index contributed by atoms with van der Waals surface area (Å²) < 4.78 is 0. The third kappa shape index (κ3) is 8.32. The van der Waals surface area contributed by atoms with Crippen LogP contribution in [0.4, 0.5) is 0 Å². The van der Waals surface area contributed by atoms with Crippen LogP contribution in [0.25, 0.3) is 0 Å². The number of hydrogen-bond donors (Lipinski definition) is 0. The third-order valence-corrected chi connectivity index (χ3v) is 3.52. The van der Waals surface area contributed by atoms with Crippen molar-refractivity contribution in [3.63, 3.8) is 0 Å². The molecule has 0 atom stereocenters. The molecule has 1 aromatic rings. The fraction of sp³-hybridized carbons (Fsp3) is 0.812. The van der Waals surface area contributed by atoms with E-state index in [1.807, 2.05) is 0 Å². The van der Waals surface area contributed by atoms with Crippen molar-refractivity contribution in [3.8, 4) is 0 Å². The van der Waals surface area contributed by atoms with Crippen LogP contribution < -0.4 is 4.98 Å². The van der Waals surface area contributed by atoms with Crippen molar-refractivity contribution in [2.24, 2.45) is 0 Å². The molecule has 0 radical (unpaired) electrons. The van der Waals surface area contributed by atoms with Crippen LogP contribution >= 0.6 is 0 Å². The van der Waals surface area contributed by atoms with Crippen LogP contribution in [0.3, 0.4) is 0 Å². The Kier molecular flexibility index (Phi) is 9.59. The number of imidazole rings is 1. The highest BCUT2D eigenvalue weighted by Crippen LogP contribution is 2.11. The van der Waals surface area contributed by atoms with Crippen molar-refractivity contribution in [1.82, 2.24) is 9.97 Å². The summed E-state index contributed by atoms with van der Waals surface area (Å²) in [7, 11) is 0. The number of hydrogen-bond acceptors (Lipinski definition) is 1. The number of nitrogens with zero attached hydrogens (tertiary/aromatic N) is 2. The molecule has 0 aromatic carbocycles. The van der Waals surface area contributed by atoms with E-state index in [-0.39, 0.29) is 0 Å². The van der Waals surface area contributed by atoms with Crippen LogP contribution in [0.15, 0.2) is 12.4 Å². The first-order valence-electron chi connectivity index (χ1n) is 7.86. The van der Waals surface area contributed by atoms with Crippen molar-refractivity contribution in [1.29, 1.82) is 0 Å². The summed E-state index contributed by atoms with van der Waals surface area (Å²) >= 11 is 0. The predicted molar refractivity (Wildman–Crippen MR) is 77.7 cm³/mol. The van der Waals surface area contributed by atoms with Gasteiger partial charge in [-0.05, 0) is 12.8 Å². The Morgan fingerprint density at radius 3 is 1.89 bits per heavy atom. The lowest BCUT2D eigenvalue weighted by molar-refractivity contribution is 0.548. The van der Waals surface area contributed by atoms with Gasteiger partial charge in [-0.3, -0.25) is 0 Å². The molecule has 0 bridgehead atoms. The molecule has 0 saturated carbocycles. The van der Waals surface area contributed by atoms with Gasteiger partial charge >= 0.3 is 0 Å². The van der Waals surface area contributed by atoms with Gasteiger partial charge in [-0.1, -0.05) is 89.4 Å². The first-order valence-corrected chi connectivity index (χ1v) is 7.86. The Hall–Kier alpha value is -0.790. The monoisotopic (exact) mass is 249 g/mol. The van der Waals surface area contributed by atoms with E-state index in [4.69, 9.17) is 0 Å². The number of aryl methyl sites for hydroxylation is 1. The molecule has 1 rings (SSSR count). The molecular weight excluding hydrogens is 220 g/mol. The Morgan fingerprint density at radius 2 is 1.39 bits per heavy atom. The average molecular weight is 249 g/mol. The van der Waals surface area contributed by atoms with Crippen LogP contribution in [0, 0.1) is 0 Å². The van der Waals surface area contributed by atoms with E-state index in [1.165, 1.54) is 70.6 Å². The first-order chi connectivity index (χ1) is 8.93. The molecule has 18 heavy (non-hydrogen) atoms. The second kappa shape index (κ2) is 11.3. The summed E-state index contributed by atoms with van der Waals surface area (Å²) in [6, 6.07) is 0. The zero-order valence-electron chi connectivity index (χ0n) is 12.0. The van der Waals surface area contributed by atoms with Crippen molar-refractivity contribution >= 4 is 0 Å². The summed E-state index contributed by atoms with van der Waals surface area (Å²) in [6.07, 6.45) is 20.0. The Labute approximate surface area is 113 Å². The van der Waals surface area contributed by atoms with Gasteiger partial charge < -0.3 is 9.97 Å². The summed E-state index contributed by atoms with van der Waals surface area (Å²) in [5.74, 6) is 1.02. The summed E-state index contributed by atoms with van der Waals surface area (Å²) in [4.78, 5) is 8.38. The van der Waals surface area contributed by atoms with Crippen molar-refractivity contribution in [2.45, 2.75) is 84.0 Å². The van der Waals surface area contributed by atoms with Gasteiger partial charge in [0.05, 0.1) is 0 Å². The van der Waals surface area contributed by atoms with Gasteiger partial charge in [0, 0.05) is 0 Å². The highest BCUT2D eigenvalue weighted by atomic mass is 14.9. The Balaban J connectivity index is 1.73. The van der Waals surface area contributed by atoms with Gasteiger partial charge in [-0.15, -0.1) is 0 Å². The SMILES string of the molecule is CCCCCCCCCCCCCc1ncc[n-]1. The van der Waals surface area contributed by atoms with E-state index in [1.54, 1.807) is 12.4 Å². The molecular formula is C16H29N2-. The van der Waals surface area contributed by atoms with E-state index >= 15 is 0 Å². The van der Waals surface area contributed by atoms with Crippen LogP contribution in [0.2, 0.25) is 0 Å². The summed E-state index contributed by atoms with van der Waals surface area (Å²) in [5, 5.41) is 0. The topological polar surface area (TPSA) is 27.0 Å². The molecule has 2 heteroatoms. The van der Waals surface area contributed by atoms with Crippen molar-refractivity contribution in [3.05, 3.63) is 18.2 Å². The molecule has 1 heterocycles. The van der Waals surface area contributed by atoms with Crippen LogP contribution in [-0.4, -0.2) is 4.98 Å². The average Bonchev–Trinajstić information content (AvgIpc) is 2.89. The Bertz CT molecular complexity index is 254. The maximum Gasteiger partial charge on any atom is -0.0358 e. The minimum absolute atomic E-state index is 1.02. The quantitative estimate of drug-likeness (QED) is 0.493. The number of aromatic nitrogens is 2. The second-order valence-electron chi connectivity index (χ2n) is 5.26. The number of rotatable bonds is 12. The zero-order chi connectivity index (χ0) is 12.9. The predicted octanol–water partition coefficient (Wildman–Crippen LogP) is 4.89. The molecule has 104 valence electrons. The molecule has 0 N–H and O–H groups in total. The maximum absolute atomic E-state index is 4.19. The smallest absolute Gasteiger partial charge is 0.0358 e. The molecule has 0 spiro atoms. The van der Waals surface area contributed by atoms with Gasteiger partial charge in [0.1, 0.15) is 0 Å². The van der Waals surface area contributed by atoms with Crippen LogP contribution in [0.1, 0.15) is 83.4 Å². The molecule has 0 aliphatic carbocycles. The molecule has 2 nitrogen and oxygen atoms in total. The lowest BCUT2D eigenvalue weighted by Gasteiger charge is -2.04. The van der Waals surface area contributed by atoms with Crippen molar-refractivity contribution in [2.75, 3.05) is 0 Å². The first kappa shape index (κ1) is 15.3. The van der Waals surface area contributed by atoms with Crippen LogP contribution in [-0.2, 0) is 6.42 Å². The molecule has 0 aliphatic heterocycles. The summed E-state index contributed by atoms with van der Waals surface area (Å²) in [6.45, 7) is 2.28. The van der Waals surface area contributed by atoms with Gasteiger partial charge in [0.2, 0.25) is 0 Å². The largest absolute Gasteiger partial charge is 0.446 e. The summed E-state index contributed by atoms with van der Waals surface area (Å²) in [5.41, 5.74) is 0.